The molecule has 1 atom stereocenters. The zero-order valence-electron chi connectivity index (χ0n) is 14.3. The van der Waals surface area contributed by atoms with E-state index in [1.54, 1.807) is 12.3 Å². The summed E-state index contributed by atoms with van der Waals surface area (Å²) in [6.07, 6.45) is 9.26. The smallest absolute Gasteiger partial charge is 0.147 e. The van der Waals surface area contributed by atoms with Gasteiger partial charge in [0.05, 0.1) is 18.7 Å². The van der Waals surface area contributed by atoms with E-state index >= 15 is 0 Å². The Morgan fingerprint density at radius 2 is 2.00 bits per heavy atom. The minimum absolute atomic E-state index is 0.0904. The Balaban J connectivity index is 1.59. The van der Waals surface area contributed by atoms with E-state index in [9.17, 15) is 0 Å². The normalized spacial score (nSPS) is 16.3. The second kappa shape index (κ2) is 8.80. The van der Waals surface area contributed by atoms with Crippen molar-refractivity contribution in [1.82, 2.24) is 15.7 Å². The van der Waals surface area contributed by atoms with E-state index in [4.69, 9.17) is 16.3 Å². The molecular formula is C19H22N6O. The van der Waals surface area contributed by atoms with Crippen molar-refractivity contribution in [2.24, 2.45) is 10.8 Å². The fourth-order valence-electron chi connectivity index (χ4n) is 2.45. The number of hydrogen-bond donors (Lipinski definition) is 4. The Bertz CT molecular complexity index is 813. The van der Waals surface area contributed by atoms with Crippen LogP contribution in [0.2, 0.25) is 0 Å². The van der Waals surface area contributed by atoms with Crippen LogP contribution in [-0.4, -0.2) is 17.0 Å². The second-order valence-corrected chi connectivity index (χ2v) is 5.70. The molecule has 1 aliphatic rings. The molecule has 1 aromatic heterocycles. The van der Waals surface area contributed by atoms with E-state index in [0.29, 0.717) is 30.4 Å². The molecule has 26 heavy (non-hydrogen) atoms. The number of hydrazine groups is 1. The van der Waals surface area contributed by atoms with Crippen LogP contribution in [0, 0.1) is 0 Å². The summed E-state index contributed by atoms with van der Waals surface area (Å²) in [6.45, 7) is 1.01. The SMILES string of the molecule is NNC(=NCc1ccc(COC2C=CC=CN2)cc1)c1cccnc1N. The maximum absolute atomic E-state index is 5.87. The maximum atomic E-state index is 5.87. The van der Waals surface area contributed by atoms with Crippen molar-refractivity contribution in [1.29, 1.82) is 0 Å². The number of nitrogens with two attached hydrogens (primary N) is 2. The van der Waals surface area contributed by atoms with Crippen LogP contribution in [-0.2, 0) is 17.9 Å². The number of nitrogens with zero attached hydrogens (tertiary/aromatic N) is 2. The van der Waals surface area contributed by atoms with Crippen molar-refractivity contribution in [3.05, 3.63) is 83.7 Å². The van der Waals surface area contributed by atoms with Gasteiger partial charge in [0.25, 0.3) is 0 Å². The van der Waals surface area contributed by atoms with Crippen LogP contribution < -0.4 is 22.3 Å². The number of anilines is 1. The summed E-state index contributed by atoms with van der Waals surface area (Å²) >= 11 is 0. The molecule has 7 heteroatoms. The third-order valence-electron chi connectivity index (χ3n) is 3.86. The second-order valence-electron chi connectivity index (χ2n) is 5.70. The van der Waals surface area contributed by atoms with E-state index in [1.165, 1.54) is 0 Å². The predicted molar refractivity (Wildman–Crippen MR) is 103 cm³/mol. The highest BCUT2D eigenvalue weighted by atomic mass is 16.5. The Morgan fingerprint density at radius 1 is 1.19 bits per heavy atom. The molecule has 0 radical (unpaired) electrons. The molecule has 3 rings (SSSR count). The summed E-state index contributed by atoms with van der Waals surface area (Å²) in [7, 11) is 0. The summed E-state index contributed by atoms with van der Waals surface area (Å²) in [5.74, 6) is 6.47. The van der Waals surface area contributed by atoms with Crippen molar-refractivity contribution in [2.75, 3.05) is 5.73 Å². The number of rotatable bonds is 6. The quantitative estimate of drug-likeness (QED) is 0.272. The summed E-state index contributed by atoms with van der Waals surface area (Å²) in [5.41, 5.74) is 11.3. The third kappa shape index (κ3) is 4.69. The lowest BCUT2D eigenvalue weighted by Crippen LogP contribution is -2.32. The Morgan fingerprint density at radius 3 is 2.69 bits per heavy atom. The molecule has 0 aliphatic carbocycles. The molecule has 0 bridgehead atoms. The van der Waals surface area contributed by atoms with Crippen molar-refractivity contribution < 1.29 is 4.74 Å². The van der Waals surface area contributed by atoms with Gasteiger partial charge >= 0.3 is 0 Å². The largest absolute Gasteiger partial charge is 0.383 e. The topological polar surface area (TPSA) is 111 Å². The average molecular weight is 350 g/mol. The summed E-state index contributed by atoms with van der Waals surface area (Å²) in [4.78, 5) is 8.54. The Kier molecular flexibility index (Phi) is 5.97. The number of hydrogen-bond acceptors (Lipinski definition) is 6. The van der Waals surface area contributed by atoms with Gasteiger partial charge in [-0.2, -0.15) is 0 Å². The minimum atomic E-state index is -0.0904. The first kappa shape index (κ1) is 17.7. The van der Waals surface area contributed by atoms with Gasteiger partial charge in [-0.05, 0) is 41.6 Å². The van der Waals surface area contributed by atoms with Crippen LogP contribution in [0.15, 0.2) is 72.0 Å². The number of nitrogen functional groups attached to an aromatic ring is 1. The number of amidine groups is 1. The van der Waals surface area contributed by atoms with Crippen LogP contribution in [0.4, 0.5) is 5.82 Å². The molecule has 1 unspecified atom stereocenters. The van der Waals surface area contributed by atoms with Crippen LogP contribution in [0.25, 0.3) is 0 Å². The zero-order valence-corrected chi connectivity index (χ0v) is 14.3. The number of ether oxygens (including phenoxy) is 1. The van der Waals surface area contributed by atoms with Crippen LogP contribution in [0.3, 0.4) is 0 Å². The number of pyridine rings is 1. The van der Waals surface area contributed by atoms with Gasteiger partial charge in [0, 0.05) is 6.20 Å². The molecule has 0 spiro atoms. The number of dihydropyridines is 1. The van der Waals surface area contributed by atoms with Crippen molar-refractivity contribution >= 4 is 11.7 Å². The lowest BCUT2D eigenvalue weighted by atomic mass is 10.1. The first-order valence-corrected chi connectivity index (χ1v) is 8.27. The molecule has 6 N–H and O–H groups in total. The fourth-order valence-corrected chi connectivity index (χ4v) is 2.45. The van der Waals surface area contributed by atoms with Crippen molar-refractivity contribution in [3.8, 4) is 0 Å². The fraction of sp³-hybridized carbons (Fsp3) is 0.158. The minimum Gasteiger partial charge on any atom is -0.383 e. The Hall–Kier alpha value is -3.16. The molecule has 134 valence electrons. The highest BCUT2D eigenvalue weighted by Crippen LogP contribution is 2.11. The van der Waals surface area contributed by atoms with Gasteiger partial charge in [0.1, 0.15) is 17.9 Å². The molecule has 1 aromatic carbocycles. The van der Waals surface area contributed by atoms with E-state index in [0.717, 1.165) is 11.1 Å². The van der Waals surface area contributed by atoms with Gasteiger partial charge in [0.2, 0.25) is 0 Å². The first-order chi connectivity index (χ1) is 12.8. The molecule has 0 saturated carbocycles. The van der Waals surface area contributed by atoms with E-state index in [2.05, 4.69) is 20.7 Å². The molecule has 0 saturated heterocycles. The molecule has 1 aliphatic heterocycles. The lowest BCUT2D eigenvalue weighted by Gasteiger charge is -2.16. The number of nitrogens with one attached hydrogen (secondary N) is 2. The van der Waals surface area contributed by atoms with Crippen LogP contribution >= 0.6 is 0 Å². The standard InChI is InChI=1S/C19H22N6O/c20-18-16(4-3-11-23-18)19(25-21)24-12-14-6-8-15(9-7-14)13-26-17-5-1-2-10-22-17/h1-11,17,22H,12-13,21H2,(H2,20,23)(H,24,25). The van der Waals surface area contributed by atoms with E-state index in [1.807, 2.05) is 54.8 Å². The van der Waals surface area contributed by atoms with E-state index in [-0.39, 0.29) is 6.23 Å². The summed E-state index contributed by atoms with van der Waals surface area (Å²) in [6, 6.07) is 11.7. The van der Waals surface area contributed by atoms with Crippen LogP contribution in [0.5, 0.6) is 0 Å². The van der Waals surface area contributed by atoms with E-state index < -0.39 is 0 Å². The third-order valence-corrected chi connectivity index (χ3v) is 3.86. The zero-order chi connectivity index (χ0) is 18.2. The van der Waals surface area contributed by atoms with Gasteiger partial charge in [-0.15, -0.1) is 0 Å². The number of aromatic nitrogens is 1. The van der Waals surface area contributed by atoms with Gasteiger partial charge in [-0.3, -0.25) is 4.99 Å². The molecule has 0 amide bonds. The highest BCUT2D eigenvalue weighted by Gasteiger charge is 2.07. The molecular weight excluding hydrogens is 328 g/mol. The molecule has 2 aromatic rings. The molecule has 7 nitrogen and oxygen atoms in total. The number of benzene rings is 1. The van der Waals surface area contributed by atoms with Crippen LogP contribution in [0.1, 0.15) is 16.7 Å². The van der Waals surface area contributed by atoms with Gasteiger partial charge in [-0.1, -0.05) is 30.3 Å². The highest BCUT2D eigenvalue weighted by molar-refractivity contribution is 6.01. The predicted octanol–water partition coefficient (Wildman–Crippen LogP) is 1.59. The molecule has 2 heterocycles. The monoisotopic (exact) mass is 350 g/mol. The van der Waals surface area contributed by atoms with Crippen molar-refractivity contribution in [3.63, 3.8) is 0 Å². The number of allylic oxidation sites excluding steroid dienone is 2. The maximum Gasteiger partial charge on any atom is 0.147 e. The summed E-state index contributed by atoms with van der Waals surface area (Å²) in [5, 5.41) is 3.12. The van der Waals surface area contributed by atoms with Gasteiger partial charge < -0.3 is 21.2 Å². The average Bonchev–Trinajstić information content (AvgIpc) is 2.70. The number of aliphatic imine (C=N–C) groups is 1. The molecule has 0 fully saturated rings. The Labute approximate surface area is 152 Å². The first-order valence-electron chi connectivity index (χ1n) is 8.27. The summed E-state index contributed by atoms with van der Waals surface area (Å²) < 4.78 is 5.77. The van der Waals surface area contributed by atoms with Crippen molar-refractivity contribution in [2.45, 2.75) is 19.4 Å². The van der Waals surface area contributed by atoms with Gasteiger partial charge in [0.15, 0.2) is 0 Å². The van der Waals surface area contributed by atoms with Gasteiger partial charge in [-0.25, -0.2) is 10.8 Å². The lowest BCUT2D eigenvalue weighted by molar-refractivity contribution is 0.0581.